The lowest BCUT2D eigenvalue weighted by atomic mass is 10.1. The minimum absolute atomic E-state index is 0.0750. The molecule has 8 heteroatoms. The molecular formula is C11H12F3NO3S. The summed E-state index contributed by atoms with van der Waals surface area (Å²) >= 11 is 0. The summed E-state index contributed by atoms with van der Waals surface area (Å²) in [5, 5.41) is 11.6. The lowest BCUT2D eigenvalue weighted by molar-refractivity contribution is -0.137. The van der Waals surface area contributed by atoms with Crippen molar-refractivity contribution < 1.29 is 27.3 Å². The van der Waals surface area contributed by atoms with Crippen LogP contribution in [0.25, 0.3) is 0 Å². The fourth-order valence-electron chi connectivity index (χ4n) is 1.38. The molecule has 1 unspecified atom stereocenters. The van der Waals surface area contributed by atoms with E-state index in [0.717, 1.165) is 12.1 Å². The van der Waals surface area contributed by atoms with Crippen LogP contribution >= 0.6 is 0 Å². The maximum atomic E-state index is 12.5. The Bertz CT molecular complexity index is 502. The second-order valence-electron chi connectivity index (χ2n) is 3.77. The number of anilines is 1. The molecule has 0 saturated carbocycles. The zero-order valence-corrected chi connectivity index (χ0v) is 10.8. The maximum absolute atomic E-state index is 12.5. The Balaban J connectivity index is 2.99. The molecule has 4 nitrogen and oxygen atoms in total. The molecule has 0 bridgehead atoms. The third kappa shape index (κ3) is 4.55. The predicted octanol–water partition coefficient (Wildman–Crippen LogP) is 2.19. The lowest BCUT2D eigenvalue weighted by Crippen LogP contribution is -2.14. The largest absolute Gasteiger partial charge is 0.478 e. The molecule has 0 aliphatic rings. The van der Waals surface area contributed by atoms with Crippen LogP contribution in [-0.2, 0) is 17.0 Å². The molecule has 0 amide bonds. The zero-order valence-electron chi connectivity index (χ0n) is 9.95. The van der Waals surface area contributed by atoms with Crippen molar-refractivity contribution in [1.82, 2.24) is 0 Å². The molecule has 1 atom stereocenters. The van der Waals surface area contributed by atoms with Crippen LogP contribution < -0.4 is 5.32 Å². The van der Waals surface area contributed by atoms with E-state index in [9.17, 15) is 22.2 Å². The van der Waals surface area contributed by atoms with E-state index in [1.807, 2.05) is 0 Å². The lowest BCUT2D eigenvalue weighted by Gasteiger charge is -2.12. The molecular weight excluding hydrogens is 283 g/mol. The van der Waals surface area contributed by atoms with Gasteiger partial charge in [0.1, 0.15) is 0 Å². The first-order valence-electron chi connectivity index (χ1n) is 5.20. The number of halogens is 3. The van der Waals surface area contributed by atoms with Gasteiger partial charge in [0.05, 0.1) is 11.1 Å². The number of hydrogen-bond acceptors (Lipinski definition) is 3. The number of benzene rings is 1. The quantitative estimate of drug-likeness (QED) is 0.874. The molecule has 1 aromatic carbocycles. The van der Waals surface area contributed by atoms with Gasteiger partial charge >= 0.3 is 12.1 Å². The summed E-state index contributed by atoms with van der Waals surface area (Å²) in [7, 11) is -1.06. The molecule has 0 spiro atoms. The van der Waals surface area contributed by atoms with E-state index in [-0.39, 0.29) is 18.0 Å². The van der Waals surface area contributed by atoms with Crippen molar-refractivity contribution in [3.05, 3.63) is 29.3 Å². The first kappa shape index (κ1) is 15.5. The molecule has 0 aromatic heterocycles. The van der Waals surface area contributed by atoms with Crippen molar-refractivity contribution in [2.24, 2.45) is 0 Å². The summed E-state index contributed by atoms with van der Waals surface area (Å²) in [6.07, 6.45) is -3.11. The fourth-order valence-corrected chi connectivity index (χ4v) is 1.77. The van der Waals surface area contributed by atoms with Gasteiger partial charge in [0.15, 0.2) is 0 Å². The Morgan fingerprint density at radius 1 is 1.42 bits per heavy atom. The van der Waals surface area contributed by atoms with Crippen LogP contribution in [0.4, 0.5) is 18.9 Å². The molecule has 0 aliphatic carbocycles. The first-order valence-corrected chi connectivity index (χ1v) is 6.93. The second kappa shape index (κ2) is 6.05. The van der Waals surface area contributed by atoms with Crippen LogP contribution in [0, 0.1) is 0 Å². The molecule has 1 rings (SSSR count). The third-order valence-corrected chi connectivity index (χ3v) is 3.06. The summed E-state index contributed by atoms with van der Waals surface area (Å²) in [4.78, 5) is 10.9. The highest BCUT2D eigenvalue weighted by Gasteiger charge is 2.31. The molecule has 0 heterocycles. The van der Waals surface area contributed by atoms with Crippen molar-refractivity contribution in [1.29, 1.82) is 0 Å². The number of carboxylic acid groups (broad SMARTS) is 1. The van der Waals surface area contributed by atoms with Crippen LogP contribution in [0.15, 0.2) is 18.2 Å². The van der Waals surface area contributed by atoms with Crippen LogP contribution in [0.3, 0.4) is 0 Å². The van der Waals surface area contributed by atoms with Gasteiger partial charge in [0.2, 0.25) is 0 Å². The second-order valence-corrected chi connectivity index (χ2v) is 5.32. The average Bonchev–Trinajstić information content (AvgIpc) is 2.27. The molecule has 1 aromatic rings. The molecule has 2 N–H and O–H groups in total. The maximum Gasteiger partial charge on any atom is 0.416 e. The summed E-state index contributed by atoms with van der Waals surface area (Å²) in [6.45, 7) is 0.217. The third-order valence-electron chi connectivity index (χ3n) is 2.28. The Kier molecular flexibility index (Phi) is 4.93. The van der Waals surface area contributed by atoms with Gasteiger partial charge in [-0.05, 0) is 18.2 Å². The van der Waals surface area contributed by atoms with Gasteiger partial charge in [-0.3, -0.25) is 4.21 Å². The van der Waals surface area contributed by atoms with Crippen molar-refractivity contribution >= 4 is 22.5 Å². The minimum Gasteiger partial charge on any atom is -0.478 e. The SMILES string of the molecule is CS(=O)CCNc1ccc(C(F)(F)F)cc1C(=O)O. The van der Waals surface area contributed by atoms with E-state index in [0.29, 0.717) is 6.07 Å². The van der Waals surface area contributed by atoms with Gasteiger partial charge < -0.3 is 10.4 Å². The van der Waals surface area contributed by atoms with Crippen molar-refractivity contribution in [3.8, 4) is 0 Å². The number of nitrogens with one attached hydrogen (secondary N) is 1. The average molecular weight is 295 g/mol. The van der Waals surface area contributed by atoms with E-state index >= 15 is 0 Å². The summed E-state index contributed by atoms with van der Waals surface area (Å²) in [5.74, 6) is -1.17. The van der Waals surface area contributed by atoms with Crippen LogP contribution in [-0.4, -0.2) is 33.8 Å². The van der Waals surface area contributed by atoms with Crippen molar-refractivity contribution in [2.75, 3.05) is 23.9 Å². The van der Waals surface area contributed by atoms with Gasteiger partial charge in [-0.1, -0.05) is 0 Å². The fraction of sp³-hybridized carbons (Fsp3) is 0.364. The molecule has 19 heavy (non-hydrogen) atoms. The number of rotatable bonds is 5. The topological polar surface area (TPSA) is 66.4 Å². The Morgan fingerprint density at radius 2 is 2.05 bits per heavy atom. The van der Waals surface area contributed by atoms with E-state index < -0.39 is 34.1 Å². The van der Waals surface area contributed by atoms with Crippen LogP contribution in [0.5, 0.6) is 0 Å². The predicted molar refractivity (Wildman–Crippen MR) is 65.8 cm³/mol. The van der Waals surface area contributed by atoms with Gasteiger partial charge in [0, 0.05) is 35.0 Å². The number of hydrogen-bond donors (Lipinski definition) is 2. The standard InChI is InChI=1S/C11H12F3NO3S/c1-19(18)5-4-15-9-3-2-7(11(12,13)14)6-8(9)10(16)17/h2-3,6,15H,4-5H2,1H3,(H,16,17). The Morgan fingerprint density at radius 3 is 2.53 bits per heavy atom. The summed E-state index contributed by atoms with van der Waals surface area (Å²) in [5.41, 5.74) is -1.41. The highest BCUT2D eigenvalue weighted by atomic mass is 32.2. The summed E-state index contributed by atoms with van der Waals surface area (Å²) in [6, 6.07) is 2.44. The summed E-state index contributed by atoms with van der Waals surface area (Å²) < 4.78 is 48.2. The highest BCUT2D eigenvalue weighted by molar-refractivity contribution is 7.84. The van der Waals surface area contributed by atoms with Gasteiger partial charge in [-0.15, -0.1) is 0 Å². The smallest absolute Gasteiger partial charge is 0.416 e. The Hall–Kier alpha value is -1.57. The molecule has 106 valence electrons. The van der Waals surface area contributed by atoms with E-state index in [4.69, 9.17) is 5.11 Å². The Labute approximate surface area is 110 Å². The number of alkyl halides is 3. The van der Waals surface area contributed by atoms with Gasteiger partial charge in [-0.2, -0.15) is 13.2 Å². The number of carboxylic acids is 1. The first-order chi connectivity index (χ1) is 8.71. The zero-order chi connectivity index (χ0) is 14.6. The monoisotopic (exact) mass is 295 g/mol. The molecule has 0 fully saturated rings. The minimum atomic E-state index is -4.59. The van der Waals surface area contributed by atoms with E-state index in [2.05, 4.69) is 5.32 Å². The highest BCUT2D eigenvalue weighted by Crippen LogP contribution is 2.31. The normalized spacial score (nSPS) is 13.1. The van der Waals surface area contributed by atoms with E-state index in [1.165, 1.54) is 6.26 Å². The number of carbonyl (C=O) groups is 1. The van der Waals surface area contributed by atoms with Gasteiger partial charge in [0.25, 0.3) is 0 Å². The number of aromatic carboxylic acids is 1. The van der Waals surface area contributed by atoms with Crippen molar-refractivity contribution in [3.63, 3.8) is 0 Å². The molecule has 0 radical (unpaired) electrons. The van der Waals surface area contributed by atoms with E-state index in [1.54, 1.807) is 0 Å². The van der Waals surface area contributed by atoms with Crippen LogP contribution in [0.2, 0.25) is 0 Å². The molecule has 0 aliphatic heterocycles. The molecule has 0 saturated heterocycles. The van der Waals surface area contributed by atoms with Gasteiger partial charge in [-0.25, -0.2) is 4.79 Å². The van der Waals surface area contributed by atoms with Crippen molar-refractivity contribution in [2.45, 2.75) is 6.18 Å². The van der Waals surface area contributed by atoms with Crippen LogP contribution in [0.1, 0.15) is 15.9 Å².